The highest BCUT2D eigenvalue weighted by atomic mass is 35.5. The Kier molecular flexibility index (Phi) is 4.00. The van der Waals surface area contributed by atoms with Gasteiger partial charge in [0, 0.05) is 29.2 Å². The summed E-state index contributed by atoms with van der Waals surface area (Å²) in [6.07, 6.45) is 3.07. The van der Waals surface area contributed by atoms with Crippen LogP contribution < -0.4 is 0 Å². The molecule has 0 saturated carbocycles. The molecular formula is C18H19ClN2. The van der Waals surface area contributed by atoms with E-state index in [1.807, 2.05) is 18.2 Å². The molecule has 3 heteroatoms. The van der Waals surface area contributed by atoms with E-state index in [9.17, 15) is 0 Å². The van der Waals surface area contributed by atoms with Crippen LogP contribution in [-0.4, -0.2) is 30.5 Å². The van der Waals surface area contributed by atoms with Gasteiger partial charge in [-0.25, -0.2) is 0 Å². The van der Waals surface area contributed by atoms with Crippen molar-refractivity contribution in [1.29, 1.82) is 0 Å². The minimum atomic E-state index is 0.841. The van der Waals surface area contributed by atoms with Crippen LogP contribution in [0.3, 0.4) is 0 Å². The summed E-state index contributed by atoms with van der Waals surface area (Å²) in [5.41, 5.74) is 4.63. The van der Waals surface area contributed by atoms with Crippen LogP contribution in [-0.2, 0) is 6.42 Å². The molecule has 0 fully saturated rings. The van der Waals surface area contributed by atoms with Crippen LogP contribution in [0.2, 0.25) is 5.02 Å². The zero-order valence-corrected chi connectivity index (χ0v) is 13.1. The van der Waals surface area contributed by atoms with Gasteiger partial charge in [-0.3, -0.25) is 0 Å². The van der Waals surface area contributed by atoms with Crippen molar-refractivity contribution in [3.05, 3.63) is 59.2 Å². The molecule has 0 amide bonds. The summed E-state index contributed by atoms with van der Waals surface area (Å²) in [5.74, 6) is 0. The topological polar surface area (TPSA) is 19.0 Å². The normalized spacial score (nSPS) is 11.4. The Balaban J connectivity index is 2.09. The third kappa shape index (κ3) is 2.82. The third-order valence-corrected chi connectivity index (χ3v) is 4.17. The molecule has 0 radical (unpaired) electrons. The van der Waals surface area contributed by atoms with Crippen molar-refractivity contribution in [3.8, 4) is 11.1 Å². The number of hydrogen-bond donors (Lipinski definition) is 1. The Morgan fingerprint density at radius 2 is 1.81 bits per heavy atom. The number of rotatable bonds is 4. The molecule has 2 nitrogen and oxygen atoms in total. The summed E-state index contributed by atoms with van der Waals surface area (Å²) >= 11 is 6.70. The minimum Gasteiger partial charge on any atom is -0.361 e. The van der Waals surface area contributed by atoms with Gasteiger partial charge in [0.1, 0.15) is 0 Å². The maximum Gasteiger partial charge on any atom is 0.0580 e. The minimum absolute atomic E-state index is 0.841. The van der Waals surface area contributed by atoms with Crippen LogP contribution in [0.5, 0.6) is 0 Å². The second-order valence-electron chi connectivity index (χ2n) is 5.58. The summed E-state index contributed by atoms with van der Waals surface area (Å²) in [5, 5.41) is 1.99. The Morgan fingerprint density at radius 3 is 2.52 bits per heavy atom. The fraction of sp³-hybridized carbons (Fsp3) is 0.222. The van der Waals surface area contributed by atoms with Gasteiger partial charge < -0.3 is 9.88 Å². The smallest absolute Gasteiger partial charge is 0.0580 e. The summed E-state index contributed by atoms with van der Waals surface area (Å²) in [7, 11) is 4.18. The highest BCUT2D eigenvalue weighted by molar-refractivity contribution is 6.38. The van der Waals surface area contributed by atoms with Crippen LogP contribution >= 0.6 is 11.6 Å². The van der Waals surface area contributed by atoms with Gasteiger partial charge in [0.25, 0.3) is 0 Å². The predicted octanol–water partition coefficient (Wildman–Crippen LogP) is 4.59. The van der Waals surface area contributed by atoms with Gasteiger partial charge in [0.15, 0.2) is 0 Å². The molecule has 2 aromatic carbocycles. The van der Waals surface area contributed by atoms with Crippen molar-refractivity contribution in [1.82, 2.24) is 9.88 Å². The van der Waals surface area contributed by atoms with Crippen LogP contribution in [0.25, 0.3) is 22.0 Å². The Labute approximate surface area is 130 Å². The average Bonchev–Trinajstić information content (AvgIpc) is 2.90. The predicted molar refractivity (Wildman–Crippen MR) is 91.0 cm³/mol. The van der Waals surface area contributed by atoms with Crippen molar-refractivity contribution in [2.45, 2.75) is 6.42 Å². The zero-order valence-electron chi connectivity index (χ0n) is 12.4. The molecule has 0 unspecified atom stereocenters. The molecule has 0 spiro atoms. The monoisotopic (exact) mass is 298 g/mol. The second-order valence-corrected chi connectivity index (χ2v) is 5.96. The number of nitrogens with zero attached hydrogens (tertiary/aromatic N) is 1. The molecule has 0 saturated heterocycles. The molecule has 0 bridgehead atoms. The molecule has 0 atom stereocenters. The molecule has 1 N–H and O–H groups in total. The maximum atomic E-state index is 6.70. The van der Waals surface area contributed by atoms with Crippen LogP contribution in [0.15, 0.2) is 48.7 Å². The molecule has 0 aliphatic carbocycles. The number of nitrogens with one attached hydrogen (secondary N) is 1. The van der Waals surface area contributed by atoms with E-state index in [-0.39, 0.29) is 0 Å². The lowest BCUT2D eigenvalue weighted by Crippen LogP contribution is -2.14. The highest BCUT2D eigenvalue weighted by Gasteiger charge is 2.12. The zero-order chi connectivity index (χ0) is 14.8. The second kappa shape index (κ2) is 5.92. The first-order chi connectivity index (χ1) is 10.2. The largest absolute Gasteiger partial charge is 0.361 e. The SMILES string of the molecule is CN(C)CCc1c[nH]c2ccc(-c3ccccc3)c(Cl)c12. The number of aromatic amines is 1. The van der Waals surface area contributed by atoms with Crippen LogP contribution in [0.4, 0.5) is 0 Å². The third-order valence-electron chi connectivity index (χ3n) is 3.78. The standard InChI is InChI=1S/C18H19ClN2/c1-21(2)11-10-14-12-20-16-9-8-15(18(19)17(14)16)13-6-4-3-5-7-13/h3-9,12,20H,10-11H2,1-2H3. The number of aromatic nitrogens is 1. The molecule has 1 aromatic heterocycles. The first-order valence-electron chi connectivity index (χ1n) is 7.15. The number of fused-ring (bicyclic) bond motifs is 1. The molecule has 0 aliphatic heterocycles. The Hall–Kier alpha value is -1.77. The fourth-order valence-electron chi connectivity index (χ4n) is 2.63. The Bertz CT molecular complexity index is 745. The number of benzene rings is 2. The van der Waals surface area contributed by atoms with Crippen molar-refractivity contribution in [3.63, 3.8) is 0 Å². The van der Waals surface area contributed by atoms with Gasteiger partial charge >= 0.3 is 0 Å². The molecule has 108 valence electrons. The van der Waals surface area contributed by atoms with Gasteiger partial charge in [-0.2, -0.15) is 0 Å². The van der Waals surface area contributed by atoms with E-state index in [0.717, 1.165) is 40.0 Å². The average molecular weight is 299 g/mol. The lowest BCUT2D eigenvalue weighted by Gasteiger charge is -2.10. The van der Waals surface area contributed by atoms with Gasteiger partial charge in [0.05, 0.1) is 5.02 Å². The highest BCUT2D eigenvalue weighted by Crippen LogP contribution is 2.36. The summed E-state index contributed by atoms with van der Waals surface area (Å²) in [6, 6.07) is 14.5. The molecular weight excluding hydrogens is 280 g/mol. The number of halogens is 1. The van der Waals surface area contributed by atoms with Crippen molar-refractivity contribution < 1.29 is 0 Å². The van der Waals surface area contributed by atoms with E-state index in [2.05, 4.69) is 54.4 Å². The van der Waals surface area contributed by atoms with Crippen LogP contribution in [0.1, 0.15) is 5.56 Å². The van der Waals surface area contributed by atoms with Gasteiger partial charge in [0.2, 0.25) is 0 Å². The Morgan fingerprint density at radius 1 is 1.05 bits per heavy atom. The first-order valence-corrected chi connectivity index (χ1v) is 7.53. The molecule has 21 heavy (non-hydrogen) atoms. The quantitative estimate of drug-likeness (QED) is 0.746. The molecule has 3 aromatic rings. The van der Waals surface area contributed by atoms with Gasteiger partial charge in [-0.05, 0) is 37.7 Å². The van der Waals surface area contributed by atoms with Gasteiger partial charge in [-0.15, -0.1) is 0 Å². The maximum absolute atomic E-state index is 6.70. The van der Waals surface area contributed by atoms with Crippen molar-refractivity contribution >= 4 is 22.5 Å². The first kappa shape index (κ1) is 14.2. The van der Waals surface area contributed by atoms with Crippen molar-refractivity contribution in [2.24, 2.45) is 0 Å². The van der Waals surface area contributed by atoms with Crippen LogP contribution in [0, 0.1) is 0 Å². The number of hydrogen-bond acceptors (Lipinski definition) is 1. The van der Waals surface area contributed by atoms with E-state index in [1.165, 1.54) is 5.56 Å². The summed E-state index contributed by atoms with van der Waals surface area (Å²) in [6.45, 7) is 1.01. The van der Waals surface area contributed by atoms with E-state index in [1.54, 1.807) is 0 Å². The molecule has 1 heterocycles. The summed E-state index contributed by atoms with van der Waals surface area (Å²) in [4.78, 5) is 5.52. The molecule has 0 aliphatic rings. The lowest BCUT2D eigenvalue weighted by molar-refractivity contribution is 0.414. The number of likely N-dealkylation sites (N-methyl/N-ethyl adjacent to an activating group) is 1. The van der Waals surface area contributed by atoms with E-state index >= 15 is 0 Å². The van der Waals surface area contributed by atoms with Crippen molar-refractivity contribution in [2.75, 3.05) is 20.6 Å². The van der Waals surface area contributed by atoms with E-state index < -0.39 is 0 Å². The fourth-order valence-corrected chi connectivity index (χ4v) is 3.02. The lowest BCUT2D eigenvalue weighted by atomic mass is 10.0. The molecule has 3 rings (SSSR count). The summed E-state index contributed by atoms with van der Waals surface area (Å²) < 4.78 is 0. The van der Waals surface area contributed by atoms with E-state index in [4.69, 9.17) is 11.6 Å². The number of H-pyrrole nitrogens is 1. The van der Waals surface area contributed by atoms with Gasteiger partial charge in [-0.1, -0.05) is 48.0 Å². The van der Waals surface area contributed by atoms with E-state index in [0.29, 0.717) is 0 Å².